The number of esters is 1. The van der Waals surface area contributed by atoms with Gasteiger partial charge in [0.2, 0.25) is 0 Å². The average molecular weight is 341 g/mol. The molecule has 0 spiro atoms. The molecule has 1 heterocycles. The Morgan fingerprint density at radius 1 is 1.25 bits per heavy atom. The lowest BCUT2D eigenvalue weighted by Gasteiger charge is -2.15. The molecule has 0 saturated carbocycles. The summed E-state index contributed by atoms with van der Waals surface area (Å²) in [6.45, 7) is -2.72. The van der Waals surface area contributed by atoms with Crippen LogP contribution in [0.15, 0.2) is 24.5 Å². The van der Waals surface area contributed by atoms with Gasteiger partial charge in [-0.15, -0.1) is 0 Å². The van der Waals surface area contributed by atoms with E-state index in [4.69, 9.17) is 14.2 Å². The van der Waals surface area contributed by atoms with Crippen LogP contribution >= 0.6 is 0 Å². The third-order valence-electron chi connectivity index (χ3n) is 3.33. The zero-order valence-corrected chi connectivity index (χ0v) is 13.4. The van der Waals surface area contributed by atoms with E-state index in [1.807, 2.05) is 0 Å². The number of rotatable bonds is 7. The summed E-state index contributed by atoms with van der Waals surface area (Å²) in [7, 11) is 4.13. The summed E-state index contributed by atoms with van der Waals surface area (Å²) >= 11 is 0. The Hall–Kier alpha value is -2.84. The fourth-order valence-corrected chi connectivity index (χ4v) is 2.14. The van der Waals surface area contributed by atoms with E-state index < -0.39 is 12.5 Å². The number of methoxy groups -OCH3 is 3. The summed E-state index contributed by atoms with van der Waals surface area (Å²) in [5.74, 6) is 0.244. The molecule has 1 N–H and O–H groups in total. The van der Waals surface area contributed by atoms with Crippen molar-refractivity contribution in [2.45, 2.75) is 13.1 Å². The molecule has 0 amide bonds. The molecule has 0 aliphatic rings. The van der Waals surface area contributed by atoms with Crippen LogP contribution in [0.3, 0.4) is 0 Å². The second-order valence-corrected chi connectivity index (χ2v) is 4.63. The summed E-state index contributed by atoms with van der Waals surface area (Å²) in [5.41, 5.74) is 0.536. The third-order valence-corrected chi connectivity index (χ3v) is 3.33. The molecular formula is C15H17F2N3O4. The zero-order chi connectivity index (χ0) is 17.7. The first-order valence-corrected chi connectivity index (χ1v) is 6.89. The molecule has 0 bridgehead atoms. The molecule has 0 fully saturated rings. The molecule has 7 nitrogen and oxygen atoms in total. The molecule has 24 heavy (non-hydrogen) atoms. The van der Waals surface area contributed by atoms with Crippen molar-refractivity contribution in [3.8, 4) is 11.5 Å². The molecule has 2 rings (SSSR count). The average Bonchev–Trinajstić information content (AvgIpc) is 3.07. The number of carbonyl (C=O) groups is 1. The van der Waals surface area contributed by atoms with E-state index >= 15 is 0 Å². The summed E-state index contributed by atoms with van der Waals surface area (Å²) in [6, 6.07) is 2.98. The number of nitrogens with one attached hydrogen (secondary N) is 1. The molecule has 130 valence electrons. The Bertz CT molecular complexity index is 719. The minimum Gasteiger partial charge on any atom is -0.493 e. The number of hydrogen-bond acceptors (Lipinski definition) is 6. The minimum absolute atomic E-state index is 0.0170. The predicted molar refractivity (Wildman–Crippen MR) is 81.7 cm³/mol. The van der Waals surface area contributed by atoms with Crippen molar-refractivity contribution in [1.82, 2.24) is 9.55 Å². The second-order valence-electron chi connectivity index (χ2n) is 4.63. The van der Waals surface area contributed by atoms with E-state index in [0.29, 0.717) is 17.2 Å². The minimum atomic E-state index is -2.70. The lowest BCUT2D eigenvalue weighted by Crippen LogP contribution is -2.12. The number of hydrogen-bond donors (Lipinski definition) is 1. The Kier molecular flexibility index (Phi) is 5.56. The van der Waals surface area contributed by atoms with Crippen LogP contribution < -0.4 is 14.8 Å². The maximum atomic E-state index is 12.9. The number of halogens is 2. The number of anilines is 1. The van der Waals surface area contributed by atoms with Crippen LogP contribution in [0.25, 0.3) is 0 Å². The van der Waals surface area contributed by atoms with Gasteiger partial charge in [-0.25, -0.2) is 9.78 Å². The Labute approximate surface area is 137 Å². The van der Waals surface area contributed by atoms with E-state index in [0.717, 1.165) is 4.57 Å². The Morgan fingerprint density at radius 3 is 2.50 bits per heavy atom. The van der Waals surface area contributed by atoms with Gasteiger partial charge < -0.3 is 19.5 Å². The van der Waals surface area contributed by atoms with Gasteiger partial charge >= 0.3 is 12.5 Å². The van der Waals surface area contributed by atoms with E-state index in [2.05, 4.69) is 10.3 Å². The summed E-state index contributed by atoms with van der Waals surface area (Å²) in [6.07, 6.45) is 2.45. The number of benzene rings is 1. The number of nitrogens with zero attached hydrogens (tertiary/aromatic N) is 2. The van der Waals surface area contributed by atoms with Gasteiger partial charge in [-0.05, 0) is 0 Å². The van der Waals surface area contributed by atoms with Gasteiger partial charge in [-0.3, -0.25) is 4.57 Å². The zero-order valence-electron chi connectivity index (χ0n) is 13.4. The van der Waals surface area contributed by atoms with Crippen molar-refractivity contribution < 1.29 is 27.8 Å². The molecular weight excluding hydrogens is 324 g/mol. The molecule has 0 unspecified atom stereocenters. The number of aromatic nitrogens is 2. The monoisotopic (exact) mass is 341 g/mol. The van der Waals surface area contributed by atoms with Gasteiger partial charge in [-0.1, -0.05) is 0 Å². The van der Waals surface area contributed by atoms with Crippen molar-refractivity contribution in [3.05, 3.63) is 35.9 Å². The first kappa shape index (κ1) is 17.5. The molecule has 9 heteroatoms. The van der Waals surface area contributed by atoms with E-state index in [-0.39, 0.29) is 17.9 Å². The first-order chi connectivity index (χ1) is 11.5. The van der Waals surface area contributed by atoms with Crippen LogP contribution in [0, 0.1) is 0 Å². The number of alkyl halides is 2. The van der Waals surface area contributed by atoms with Crippen LogP contribution in [-0.2, 0) is 11.3 Å². The molecule has 0 aliphatic heterocycles. The van der Waals surface area contributed by atoms with Crippen molar-refractivity contribution in [1.29, 1.82) is 0 Å². The highest BCUT2D eigenvalue weighted by atomic mass is 19.3. The number of ether oxygens (including phenoxy) is 3. The van der Waals surface area contributed by atoms with Gasteiger partial charge in [0.25, 0.3) is 0 Å². The highest BCUT2D eigenvalue weighted by Gasteiger charge is 2.18. The smallest absolute Gasteiger partial charge is 0.340 e. The maximum absolute atomic E-state index is 12.9. The quantitative estimate of drug-likeness (QED) is 0.781. The lowest BCUT2D eigenvalue weighted by molar-refractivity contribution is 0.0600. The molecule has 0 aliphatic carbocycles. The van der Waals surface area contributed by atoms with Gasteiger partial charge in [-0.2, -0.15) is 8.78 Å². The highest BCUT2D eigenvalue weighted by molar-refractivity contribution is 5.96. The number of carbonyl (C=O) groups excluding carboxylic acids is 1. The van der Waals surface area contributed by atoms with Crippen LogP contribution in [0.2, 0.25) is 0 Å². The first-order valence-electron chi connectivity index (χ1n) is 6.89. The van der Waals surface area contributed by atoms with Crippen LogP contribution in [0.1, 0.15) is 22.7 Å². The molecule has 0 atom stereocenters. The fraction of sp³-hybridized carbons (Fsp3) is 0.333. The highest BCUT2D eigenvalue weighted by Crippen LogP contribution is 2.34. The molecule has 1 aromatic heterocycles. The van der Waals surface area contributed by atoms with E-state index in [9.17, 15) is 13.6 Å². The fourth-order valence-electron chi connectivity index (χ4n) is 2.14. The third kappa shape index (κ3) is 3.55. The van der Waals surface area contributed by atoms with Crippen molar-refractivity contribution in [3.63, 3.8) is 0 Å². The van der Waals surface area contributed by atoms with Crippen molar-refractivity contribution >= 4 is 11.7 Å². The van der Waals surface area contributed by atoms with Gasteiger partial charge in [0, 0.05) is 24.5 Å². The van der Waals surface area contributed by atoms with Gasteiger partial charge in [0.05, 0.1) is 39.1 Å². The normalized spacial score (nSPS) is 10.6. The molecule has 1 aromatic carbocycles. The topological polar surface area (TPSA) is 74.6 Å². The molecule has 0 saturated heterocycles. The Balaban J connectivity index is 2.33. The summed E-state index contributed by atoms with van der Waals surface area (Å²) < 4.78 is 41.5. The Morgan fingerprint density at radius 2 is 1.92 bits per heavy atom. The largest absolute Gasteiger partial charge is 0.493 e. The predicted octanol–water partition coefficient (Wildman–Crippen LogP) is 2.69. The summed E-state index contributed by atoms with van der Waals surface area (Å²) in [5, 5.41) is 2.90. The van der Waals surface area contributed by atoms with E-state index in [1.165, 1.54) is 45.9 Å². The van der Waals surface area contributed by atoms with Gasteiger partial charge in [0.1, 0.15) is 5.82 Å². The van der Waals surface area contributed by atoms with E-state index in [1.54, 1.807) is 0 Å². The molecule has 2 aromatic rings. The standard InChI is InChI=1S/C15H17F2N3O4/c1-22-11-6-9(14(21)24-3)10(7-12(11)23-2)19-8-13-18-4-5-20(13)15(16)17/h4-7,15,19H,8H2,1-3H3. The van der Waals surface area contributed by atoms with Crippen LogP contribution in [0.4, 0.5) is 14.5 Å². The van der Waals surface area contributed by atoms with Crippen molar-refractivity contribution in [2.24, 2.45) is 0 Å². The number of imidazole rings is 1. The van der Waals surface area contributed by atoms with Crippen LogP contribution in [0.5, 0.6) is 11.5 Å². The SMILES string of the molecule is COC(=O)c1cc(OC)c(OC)cc1NCc1nccn1C(F)F. The molecule has 0 radical (unpaired) electrons. The van der Waals surface area contributed by atoms with Gasteiger partial charge in [0.15, 0.2) is 11.5 Å². The lowest BCUT2D eigenvalue weighted by atomic mass is 10.1. The van der Waals surface area contributed by atoms with Crippen molar-refractivity contribution in [2.75, 3.05) is 26.6 Å². The maximum Gasteiger partial charge on any atom is 0.340 e. The second kappa shape index (κ2) is 7.62. The summed E-state index contributed by atoms with van der Waals surface area (Å²) in [4.78, 5) is 15.8. The van der Waals surface area contributed by atoms with Crippen LogP contribution in [-0.4, -0.2) is 36.8 Å².